The molecule has 1 saturated carbocycles. The van der Waals surface area contributed by atoms with E-state index in [0.717, 1.165) is 12.1 Å². The zero-order valence-corrected chi connectivity index (χ0v) is 12.4. The molecule has 0 spiro atoms. The molecular formula is C16H21ClN2O. The highest BCUT2D eigenvalue weighted by Crippen LogP contribution is 2.26. The molecule has 1 aliphatic rings. The second kappa shape index (κ2) is 7.64. The van der Waals surface area contributed by atoms with Crippen LogP contribution in [0.25, 0.3) is 0 Å². The molecule has 2 rings (SSSR count). The topological polar surface area (TPSA) is 47.3 Å². The Bertz CT molecular complexity index is 478. The van der Waals surface area contributed by atoms with Gasteiger partial charge in [0.25, 0.3) is 0 Å². The van der Waals surface area contributed by atoms with Gasteiger partial charge in [0.05, 0.1) is 18.2 Å². The summed E-state index contributed by atoms with van der Waals surface area (Å²) in [6, 6.07) is 8.09. The lowest BCUT2D eigenvalue weighted by Crippen LogP contribution is -2.38. The number of aliphatic hydroxyl groups is 1. The molecule has 0 atom stereocenters. The van der Waals surface area contributed by atoms with Crippen LogP contribution in [0, 0.1) is 11.3 Å². The van der Waals surface area contributed by atoms with Gasteiger partial charge >= 0.3 is 0 Å². The minimum atomic E-state index is 0.171. The largest absolute Gasteiger partial charge is 0.395 e. The molecular weight excluding hydrogens is 272 g/mol. The molecule has 4 heteroatoms. The summed E-state index contributed by atoms with van der Waals surface area (Å²) in [5.41, 5.74) is 1.62. The number of aliphatic hydroxyl groups excluding tert-OH is 1. The van der Waals surface area contributed by atoms with Gasteiger partial charge in [0.2, 0.25) is 0 Å². The summed E-state index contributed by atoms with van der Waals surface area (Å²) >= 11 is 6.25. The summed E-state index contributed by atoms with van der Waals surface area (Å²) in [4.78, 5) is 2.33. The van der Waals surface area contributed by atoms with E-state index in [1.807, 2.05) is 6.07 Å². The van der Waals surface area contributed by atoms with Gasteiger partial charge in [0.15, 0.2) is 0 Å². The van der Waals surface area contributed by atoms with Gasteiger partial charge < -0.3 is 5.11 Å². The van der Waals surface area contributed by atoms with E-state index < -0.39 is 0 Å². The van der Waals surface area contributed by atoms with Crippen LogP contribution < -0.4 is 0 Å². The zero-order valence-electron chi connectivity index (χ0n) is 11.7. The van der Waals surface area contributed by atoms with Gasteiger partial charge in [-0.25, -0.2) is 0 Å². The van der Waals surface area contributed by atoms with E-state index in [1.54, 1.807) is 12.1 Å². The Morgan fingerprint density at radius 2 is 2.05 bits per heavy atom. The van der Waals surface area contributed by atoms with Crippen LogP contribution in [0.4, 0.5) is 0 Å². The zero-order chi connectivity index (χ0) is 14.4. The maximum Gasteiger partial charge on any atom is 0.0992 e. The van der Waals surface area contributed by atoms with E-state index in [2.05, 4.69) is 11.0 Å². The Morgan fingerprint density at radius 1 is 1.30 bits per heavy atom. The lowest BCUT2D eigenvalue weighted by molar-refractivity contribution is 0.117. The summed E-state index contributed by atoms with van der Waals surface area (Å²) < 4.78 is 0. The van der Waals surface area contributed by atoms with E-state index in [9.17, 15) is 5.11 Å². The smallest absolute Gasteiger partial charge is 0.0992 e. The fourth-order valence-corrected chi connectivity index (χ4v) is 3.17. The first-order chi connectivity index (χ1) is 9.74. The molecule has 0 radical (unpaired) electrons. The Hall–Kier alpha value is -1.08. The molecule has 3 nitrogen and oxygen atoms in total. The summed E-state index contributed by atoms with van der Waals surface area (Å²) in [5.74, 6) is 0. The van der Waals surface area contributed by atoms with E-state index in [0.29, 0.717) is 23.2 Å². The summed E-state index contributed by atoms with van der Waals surface area (Å²) in [6.45, 7) is 1.60. The Labute approximate surface area is 125 Å². The Balaban J connectivity index is 2.09. The molecule has 0 heterocycles. The molecule has 0 unspecified atom stereocenters. The van der Waals surface area contributed by atoms with E-state index in [1.165, 1.54) is 32.1 Å². The van der Waals surface area contributed by atoms with Gasteiger partial charge in [-0.1, -0.05) is 36.9 Å². The maximum atomic E-state index is 9.28. The van der Waals surface area contributed by atoms with Gasteiger partial charge in [-0.15, -0.1) is 0 Å². The molecule has 1 aliphatic carbocycles. The van der Waals surface area contributed by atoms with Gasteiger partial charge in [-0.05, 0) is 30.5 Å². The monoisotopic (exact) mass is 292 g/mol. The van der Waals surface area contributed by atoms with Crippen LogP contribution in [-0.2, 0) is 6.54 Å². The van der Waals surface area contributed by atoms with Crippen LogP contribution in [0.3, 0.4) is 0 Å². The van der Waals surface area contributed by atoms with Crippen molar-refractivity contribution in [3.8, 4) is 6.07 Å². The second-order valence-electron chi connectivity index (χ2n) is 5.40. The minimum Gasteiger partial charge on any atom is -0.395 e. The third kappa shape index (κ3) is 3.96. The number of halogens is 1. The fourth-order valence-electron chi connectivity index (χ4n) is 2.93. The standard InChI is InChI=1S/C16H21ClN2O/c17-16-10-13(11-18)6-7-14(16)12-19(8-9-20)15-4-2-1-3-5-15/h6-7,10,15,20H,1-5,8-9,12H2. The van der Waals surface area contributed by atoms with Crippen LogP contribution in [-0.4, -0.2) is 29.2 Å². The Kier molecular flexibility index (Phi) is 5.85. The number of rotatable bonds is 5. The molecule has 108 valence electrons. The third-order valence-corrected chi connectivity index (χ3v) is 4.39. The molecule has 0 aromatic heterocycles. The second-order valence-corrected chi connectivity index (χ2v) is 5.81. The summed E-state index contributed by atoms with van der Waals surface area (Å²) in [5, 5.41) is 18.8. The molecule has 0 aliphatic heterocycles. The van der Waals surface area contributed by atoms with Crippen LogP contribution in [0.5, 0.6) is 0 Å². The highest BCUT2D eigenvalue weighted by Gasteiger charge is 2.21. The van der Waals surface area contributed by atoms with Crippen molar-refractivity contribution in [2.24, 2.45) is 0 Å². The first kappa shape index (κ1) is 15.3. The summed E-state index contributed by atoms with van der Waals surface area (Å²) in [7, 11) is 0. The molecule has 20 heavy (non-hydrogen) atoms. The predicted molar refractivity (Wildman–Crippen MR) is 80.5 cm³/mol. The fraction of sp³-hybridized carbons (Fsp3) is 0.562. The Morgan fingerprint density at radius 3 is 2.65 bits per heavy atom. The number of nitriles is 1. The normalized spacial score (nSPS) is 16.3. The summed E-state index contributed by atoms with van der Waals surface area (Å²) in [6.07, 6.45) is 6.27. The van der Waals surface area contributed by atoms with Gasteiger partial charge in [-0.2, -0.15) is 5.26 Å². The van der Waals surface area contributed by atoms with Crippen molar-refractivity contribution in [1.82, 2.24) is 4.90 Å². The minimum absolute atomic E-state index is 0.171. The maximum absolute atomic E-state index is 9.28. The number of hydrogen-bond donors (Lipinski definition) is 1. The highest BCUT2D eigenvalue weighted by atomic mass is 35.5. The SMILES string of the molecule is N#Cc1ccc(CN(CCO)C2CCCCC2)c(Cl)c1. The van der Waals surface area contributed by atoms with E-state index in [4.69, 9.17) is 16.9 Å². The number of hydrogen-bond acceptors (Lipinski definition) is 3. The lowest BCUT2D eigenvalue weighted by atomic mass is 9.94. The molecule has 1 aromatic carbocycles. The first-order valence-corrected chi connectivity index (χ1v) is 7.66. The van der Waals surface area contributed by atoms with Crippen LogP contribution in [0.2, 0.25) is 5.02 Å². The van der Waals surface area contributed by atoms with Crippen molar-refractivity contribution in [1.29, 1.82) is 5.26 Å². The molecule has 0 amide bonds. The first-order valence-electron chi connectivity index (χ1n) is 7.28. The van der Waals surface area contributed by atoms with Crippen LogP contribution in [0.15, 0.2) is 18.2 Å². The highest BCUT2D eigenvalue weighted by molar-refractivity contribution is 6.31. The van der Waals surface area contributed by atoms with Crippen molar-refractivity contribution in [3.63, 3.8) is 0 Å². The van der Waals surface area contributed by atoms with Crippen LogP contribution >= 0.6 is 11.6 Å². The third-order valence-electron chi connectivity index (χ3n) is 4.03. The molecule has 0 saturated heterocycles. The number of nitrogens with zero attached hydrogens (tertiary/aromatic N) is 2. The molecule has 1 N–H and O–H groups in total. The van der Waals surface area contributed by atoms with Gasteiger partial charge in [0.1, 0.15) is 0 Å². The van der Waals surface area contributed by atoms with E-state index in [-0.39, 0.29) is 6.61 Å². The lowest BCUT2D eigenvalue weighted by Gasteiger charge is -2.34. The quantitative estimate of drug-likeness (QED) is 0.905. The molecule has 0 bridgehead atoms. The molecule has 1 aromatic rings. The van der Waals surface area contributed by atoms with Gasteiger partial charge in [0, 0.05) is 24.2 Å². The van der Waals surface area contributed by atoms with Crippen molar-refractivity contribution >= 4 is 11.6 Å². The van der Waals surface area contributed by atoms with E-state index >= 15 is 0 Å². The van der Waals surface area contributed by atoms with Crippen molar-refractivity contribution in [3.05, 3.63) is 34.3 Å². The van der Waals surface area contributed by atoms with Crippen molar-refractivity contribution in [2.75, 3.05) is 13.2 Å². The predicted octanol–water partition coefficient (Wildman–Crippen LogP) is 3.34. The van der Waals surface area contributed by atoms with Crippen molar-refractivity contribution in [2.45, 2.75) is 44.7 Å². The average molecular weight is 293 g/mol. The number of benzene rings is 1. The average Bonchev–Trinajstić information content (AvgIpc) is 2.49. The van der Waals surface area contributed by atoms with Crippen LogP contribution in [0.1, 0.15) is 43.2 Å². The van der Waals surface area contributed by atoms with Gasteiger partial charge in [-0.3, -0.25) is 4.90 Å². The van der Waals surface area contributed by atoms with Crippen molar-refractivity contribution < 1.29 is 5.11 Å². The molecule has 1 fully saturated rings.